The van der Waals surface area contributed by atoms with Crippen LogP contribution in [0.2, 0.25) is 0 Å². The van der Waals surface area contributed by atoms with Crippen molar-refractivity contribution in [3.63, 3.8) is 0 Å². The van der Waals surface area contributed by atoms with E-state index in [1.54, 1.807) is 4.68 Å². The smallest absolute Gasteiger partial charge is 0.337 e. The second kappa shape index (κ2) is 4.84. The lowest BCUT2D eigenvalue weighted by molar-refractivity contribution is 0.534. The quantitative estimate of drug-likeness (QED) is 0.669. The van der Waals surface area contributed by atoms with E-state index in [-0.39, 0.29) is 5.63 Å². The van der Waals surface area contributed by atoms with Gasteiger partial charge in [-0.1, -0.05) is 0 Å². The molecule has 0 aliphatic carbocycles. The number of benzene rings is 1. The van der Waals surface area contributed by atoms with E-state index in [0.717, 1.165) is 32.4 Å². The van der Waals surface area contributed by atoms with Gasteiger partial charge in [-0.15, -0.1) is 0 Å². The summed E-state index contributed by atoms with van der Waals surface area (Å²) in [5, 5.41) is 5.44. The van der Waals surface area contributed by atoms with Crippen molar-refractivity contribution in [2.75, 3.05) is 0 Å². The molecule has 0 bridgehead atoms. The van der Waals surface area contributed by atoms with Crippen molar-refractivity contribution in [2.24, 2.45) is 0 Å². The Labute approximate surface area is 130 Å². The van der Waals surface area contributed by atoms with Gasteiger partial charge in [-0.25, -0.2) is 4.79 Å². The summed E-state index contributed by atoms with van der Waals surface area (Å²) in [4.78, 5) is 11.7. The lowest BCUT2D eigenvalue weighted by atomic mass is 10.1. The summed E-state index contributed by atoms with van der Waals surface area (Å²) in [5.41, 5.74) is 5.06. The fourth-order valence-corrected chi connectivity index (χ4v) is 3.15. The average molecular weight is 347 g/mol. The maximum atomic E-state index is 11.7. The molecule has 0 aliphatic heterocycles. The zero-order valence-electron chi connectivity index (χ0n) is 12.3. The zero-order valence-corrected chi connectivity index (χ0v) is 13.9. The number of rotatable bonds is 1. The molecule has 2 heterocycles. The van der Waals surface area contributed by atoms with E-state index in [0.29, 0.717) is 5.71 Å². The highest BCUT2D eigenvalue weighted by molar-refractivity contribution is 9.10. The summed E-state index contributed by atoms with van der Waals surface area (Å²) < 4.78 is 8.00. The van der Waals surface area contributed by atoms with Crippen LogP contribution in [0.3, 0.4) is 0 Å². The minimum atomic E-state index is -0.360. The van der Waals surface area contributed by atoms with Crippen molar-refractivity contribution >= 4 is 27.0 Å². The molecule has 3 rings (SSSR count). The van der Waals surface area contributed by atoms with Crippen LogP contribution in [-0.4, -0.2) is 9.78 Å². The van der Waals surface area contributed by atoms with Crippen LogP contribution in [0.1, 0.15) is 22.4 Å². The molecule has 0 N–H and O–H groups in total. The van der Waals surface area contributed by atoms with Crippen LogP contribution in [0.25, 0.3) is 16.8 Å². The number of hydrogen-bond acceptors (Lipinski definition) is 3. The van der Waals surface area contributed by atoms with Crippen molar-refractivity contribution in [3.8, 4) is 5.69 Å². The van der Waals surface area contributed by atoms with Gasteiger partial charge in [-0.3, -0.25) is 0 Å². The van der Waals surface area contributed by atoms with Crippen LogP contribution in [0, 0.1) is 27.7 Å². The molecule has 1 aromatic carbocycles. The molecule has 0 amide bonds. The molecule has 0 unspecified atom stereocenters. The van der Waals surface area contributed by atoms with Gasteiger partial charge in [0.25, 0.3) is 0 Å². The van der Waals surface area contributed by atoms with Gasteiger partial charge in [-0.2, -0.15) is 9.78 Å². The Morgan fingerprint density at radius 3 is 2.43 bits per heavy atom. The second-order valence-electron chi connectivity index (χ2n) is 5.31. The summed E-state index contributed by atoms with van der Waals surface area (Å²) in [6.45, 7) is 7.92. The molecule has 0 fully saturated rings. The molecule has 0 spiro atoms. The van der Waals surface area contributed by atoms with Gasteiger partial charge in [0.1, 0.15) is 0 Å². The number of nitrogens with zero attached hydrogens (tertiary/aromatic N) is 2. The number of halogens is 1. The molecule has 0 radical (unpaired) electrons. The van der Waals surface area contributed by atoms with Gasteiger partial charge in [0.15, 0.2) is 0 Å². The first-order chi connectivity index (χ1) is 9.88. The van der Waals surface area contributed by atoms with E-state index >= 15 is 0 Å². The molecule has 3 aromatic rings. The van der Waals surface area contributed by atoms with Crippen molar-refractivity contribution in [2.45, 2.75) is 27.7 Å². The Hall–Kier alpha value is -1.88. The molecule has 2 aromatic heterocycles. The summed E-state index contributed by atoms with van der Waals surface area (Å²) >= 11 is 3.57. The van der Waals surface area contributed by atoms with Crippen LogP contribution < -0.4 is 5.63 Å². The van der Waals surface area contributed by atoms with E-state index in [1.165, 1.54) is 11.6 Å². The van der Waals surface area contributed by atoms with Gasteiger partial charge in [-0.05, 0) is 72.4 Å². The molecule has 0 saturated carbocycles. The highest BCUT2D eigenvalue weighted by Crippen LogP contribution is 2.29. The van der Waals surface area contributed by atoms with E-state index in [2.05, 4.69) is 28.0 Å². The summed E-state index contributed by atoms with van der Waals surface area (Å²) in [6, 6.07) is 5.58. The van der Waals surface area contributed by atoms with Crippen molar-refractivity contribution in [3.05, 3.63) is 55.5 Å². The van der Waals surface area contributed by atoms with E-state index in [4.69, 9.17) is 4.42 Å². The van der Waals surface area contributed by atoms with Crippen molar-refractivity contribution in [1.29, 1.82) is 0 Å². The predicted molar refractivity (Wildman–Crippen MR) is 86.3 cm³/mol. The minimum absolute atomic E-state index is 0.360. The van der Waals surface area contributed by atoms with Crippen LogP contribution in [0.15, 0.2) is 31.9 Å². The number of aryl methyl sites for hydroxylation is 4. The Balaban J connectivity index is 2.41. The molecule has 0 saturated heterocycles. The molecule has 108 valence electrons. The first-order valence-corrected chi connectivity index (χ1v) is 7.45. The number of aromatic nitrogens is 2. The van der Waals surface area contributed by atoms with Crippen LogP contribution in [0.4, 0.5) is 0 Å². The molecular weight excluding hydrogens is 332 g/mol. The molecule has 0 aliphatic rings. The number of fused-ring (bicyclic) bond motifs is 1. The Kier molecular flexibility index (Phi) is 3.24. The number of hydrogen-bond donors (Lipinski definition) is 0. The third kappa shape index (κ3) is 2.21. The van der Waals surface area contributed by atoms with Gasteiger partial charge in [0.2, 0.25) is 5.71 Å². The third-order valence-electron chi connectivity index (χ3n) is 3.74. The SMILES string of the molecule is Cc1cc(Br)c(-n2nc(C)c3c(C)cc(=O)oc32)cc1C. The van der Waals surface area contributed by atoms with E-state index < -0.39 is 0 Å². The predicted octanol–water partition coefficient (Wildman–Crippen LogP) is 3.97. The maximum absolute atomic E-state index is 11.7. The minimum Gasteiger partial charge on any atom is -0.403 e. The molecule has 4 nitrogen and oxygen atoms in total. The van der Waals surface area contributed by atoms with E-state index in [9.17, 15) is 4.79 Å². The van der Waals surface area contributed by atoms with Crippen LogP contribution >= 0.6 is 15.9 Å². The van der Waals surface area contributed by atoms with E-state index in [1.807, 2.05) is 32.9 Å². The van der Waals surface area contributed by atoms with Crippen LogP contribution in [-0.2, 0) is 0 Å². The zero-order chi connectivity index (χ0) is 15.3. The lowest BCUT2D eigenvalue weighted by Crippen LogP contribution is -2.03. The molecule has 0 atom stereocenters. The van der Waals surface area contributed by atoms with Crippen LogP contribution in [0.5, 0.6) is 0 Å². The normalized spacial score (nSPS) is 11.3. The van der Waals surface area contributed by atoms with Crippen molar-refractivity contribution < 1.29 is 4.42 Å². The maximum Gasteiger partial charge on any atom is 0.337 e. The first-order valence-electron chi connectivity index (χ1n) is 6.65. The van der Waals surface area contributed by atoms with Gasteiger partial charge >= 0.3 is 5.63 Å². The second-order valence-corrected chi connectivity index (χ2v) is 6.17. The Bertz CT molecular complexity index is 922. The highest BCUT2D eigenvalue weighted by Gasteiger charge is 2.16. The molecular formula is C16H15BrN2O2. The largest absolute Gasteiger partial charge is 0.403 e. The summed E-state index contributed by atoms with van der Waals surface area (Å²) in [5.74, 6) is 0. The monoisotopic (exact) mass is 346 g/mol. The summed E-state index contributed by atoms with van der Waals surface area (Å²) in [7, 11) is 0. The standard InChI is InChI=1S/C16H15BrN2O2/c1-8-5-12(17)13(6-9(8)2)19-16-15(11(4)18-19)10(3)7-14(20)21-16/h5-7H,1-4H3. The van der Waals surface area contributed by atoms with Gasteiger partial charge < -0.3 is 4.42 Å². The average Bonchev–Trinajstić information content (AvgIpc) is 2.71. The molecule has 21 heavy (non-hydrogen) atoms. The Morgan fingerprint density at radius 2 is 1.71 bits per heavy atom. The lowest BCUT2D eigenvalue weighted by Gasteiger charge is -2.09. The fourth-order valence-electron chi connectivity index (χ4n) is 2.52. The fraction of sp³-hybridized carbons (Fsp3) is 0.250. The van der Waals surface area contributed by atoms with Crippen molar-refractivity contribution in [1.82, 2.24) is 9.78 Å². The topological polar surface area (TPSA) is 48.0 Å². The first kappa shape index (κ1) is 14.1. The molecule has 5 heteroatoms. The Morgan fingerprint density at radius 1 is 1.05 bits per heavy atom. The third-order valence-corrected chi connectivity index (χ3v) is 4.37. The van der Waals surface area contributed by atoms with Gasteiger partial charge in [0, 0.05) is 10.5 Å². The summed E-state index contributed by atoms with van der Waals surface area (Å²) in [6.07, 6.45) is 0. The highest BCUT2D eigenvalue weighted by atomic mass is 79.9. The van der Waals surface area contributed by atoms with Gasteiger partial charge in [0.05, 0.1) is 16.8 Å².